The summed E-state index contributed by atoms with van der Waals surface area (Å²) in [7, 11) is 2.60. The fourth-order valence-corrected chi connectivity index (χ4v) is 9.32. The molecule has 15 heteroatoms. The zero-order valence-electron chi connectivity index (χ0n) is 34.1. The van der Waals surface area contributed by atoms with Gasteiger partial charge in [0.2, 0.25) is 11.8 Å². The van der Waals surface area contributed by atoms with Crippen molar-refractivity contribution in [1.29, 1.82) is 0 Å². The zero-order valence-corrected chi connectivity index (χ0v) is 34.9. The Kier molecular flexibility index (Phi) is 12.4. The molecule has 4 N–H and O–H groups in total. The van der Waals surface area contributed by atoms with Crippen molar-refractivity contribution in [3.05, 3.63) is 60.3 Å². The van der Waals surface area contributed by atoms with Crippen molar-refractivity contribution in [3.8, 4) is 21.0 Å². The summed E-state index contributed by atoms with van der Waals surface area (Å²) in [5.41, 5.74) is 3.71. The minimum Gasteiger partial charge on any atom is -0.453 e. The molecule has 0 spiro atoms. The van der Waals surface area contributed by atoms with E-state index in [1.54, 1.807) is 11.3 Å². The molecule has 0 bridgehead atoms. The van der Waals surface area contributed by atoms with E-state index in [1.807, 2.05) is 49.8 Å². The second-order valence-corrected chi connectivity index (χ2v) is 17.2. The second-order valence-electron chi connectivity index (χ2n) is 16.1. The number of likely N-dealkylation sites (tertiary alicyclic amines) is 1. The third-order valence-corrected chi connectivity index (χ3v) is 12.7. The molecule has 308 valence electrons. The Balaban J connectivity index is 1.09. The highest BCUT2D eigenvalue weighted by Crippen LogP contribution is 2.38. The number of nitrogens with zero attached hydrogens (tertiary/aromatic N) is 4. The van der Waals surface area contributed by atoms with Gasteiger partial charge in [-0.05, 0) is 72.7 Å². The molecule has 1 saturated carbocycles. The van der Waals surface area contributed by atoms with Crippen LogP contribution in [-0.4, -0.2) is 92.6 Å². The van der Waals surface area contributed by atoms with Gasteiger partial charge in [-0.1, -0.05) is 65.2 Å². The standard InChI is InChI=1S/C43H54N8O6S/c1-24(2)36(48-42(54)56-5)40(52)50-20-10-13-32(50)39-46-30-17-15-26-21-27(14-16-29(26)38(30)47-39)33-18-19-34(58-33)31-22-44-35(45-31)23-51(28-11-8-7-9-12-28)41(53)37(25(3)4)49-43(55)57-6/h14-19,21-22,24-25,28,32,36-37H,7-13,20,23H2,1-6H3,(H,44,45)(H,46,47)(H,48,54)(H,49,55)/t32-,36?,37?/m0/s1. The smallest absolute Gasteiger partial charge is 0.407 e. The molecule has 2 unspecified atom stereocenters. The molecule has 3 aromatic heterocycles. The van der Waals surface area contributed by atoms with Crippen LogP contribution in [0.25, 0.3) is 42.8 Å². The van der Waals surface area contributed by atoms with E-state index in [9.17, 15) is 19.2 Å². The predicted molar refractivity (Wildman–Crippen MR) is 224 cm³/mol. The number of aromatic nitrogens is 4. The fourth-order valence-electron chi connectivity index (χ4n) is 8.35. The molecule has 14 nitrogen and oxygen atoms in total. The SMILES string of the molecule is COC(=O)NC(C(=O)N(Cc1ncc(-c2ccc(-c3ccc4c(ccc5[nH]c([C@@H]6CCCN6C(=O)C(NC(=O)OC)C(C)C)nc54)c3)s2)[nH]1)C1CCCCC1)C(C)C. The maximum Gasteiger partial charge on any atom is 0.407 e. The van der Waals surface area contributed by atoms with E-state index in [0.29, 0.717) is 18.9 Å². The van der Waals surface area contributed by atoms with E-state index < -0.39 is 24.3 Å². The topological polar surface area (TPSA) is 175 Å². The van der Waals surface area contributed by atoms with Crippen LogP contribution in [0.4, 0.5) is 9.59 Å². The summed E-state index contributed by atoms with van der Waals surface area (Å²) < 4.78 is 9.62. The number of amides is 4. The highest BCUT2D eigenvalue weighted by atomic mass is 32.1. The lowest BCUT2D eigenvalue weighted by atomic mass is 9.92. The van der Waals surface area contributed by atoms with Gasteiger partial charge in [-0.2, -0.15) is 0 Å². The van der Waals surface area contributed by atoms with Gasteiger partial charge in [0.05, 0.1) is 54.6 Å². The highest BCUT2D eigenvalue weighted by molar-refractivity contribution is 7.18. The molecule has 0 radical (unpaired) electrons. The molecule has 4 amide bonds. The number of hydrogen-bond acceptors (Lipinski definition) is 9. The van der Waals surface area contributed by atoms with E-state index >= 15 is 0 Å². The van der Waals surface area contributed by atoms with Crippen LogP contribution in [0.2, 0.25) is 0 Å². The third kappa shape index (κ3) is 8.54. The Morgan fingerprint density at radius 2 is 1.57 bits per heavy atom. The molecular formula is C43H54N8O6S. The molecule has 2 aliphatic rings. The van der Waals surface area contributed by atoms with Crippen molar-refractivity contribution in [2.75, 3.05) is 20.8 Å². The molecule has 7 rings (SSSR count). The summed E-state index contributed by atoms with van der Waals surface area (Å²) in [4.78, 5) is 74.5. The third-order valence-electron chi connectivity index (χ3n) is 11.5. The van der Waals surface area contributed by atoms with Crippen LogP contribution in [0, 0.1) is 11.8 Å². The maximum atomic E-state index is 14.0. The predicted octanol–water partition coefficient (Wildman–Crippen LogP) is 7.92. The summed E-state index contributed by atoms with van der Waals surface area (Å²) in [6, 6.07) is 13.2. The minimum atomic E-state index is -0.703. The average molecular weight is 811 g/mol. The Bertz CT molecular complexity index is 2270. The first-order valence-corrected chi connectivity index (χ1v) is 21.1. The van der Waals surface area contributed by atoms with E-state index in [1.165, 1.54) is 14.2 Å². The van der Waals surface area contributed by atoms with Gasteiger partial charge < -0.3 is 39.9 Å². The molecule has 1 aliphatic carbocycles. The average Bonchev–Trinajstić information content (AvgIpc) is 4.07. The first-order valence-electron chi connectivity index (χ1n) is 20.3. The van der Waals surface area contributed by atoms with Crippen molar-refractivity contribution < 1.29 is 28.7 Å². The van der Waals surface area contributed by atoms with Gasteiger partial charge in [0, 0.05) is 22.8 Å². The molecule has 1 aliphatic heterocycles. The van der Waals surface area contributed by atoms with Gasteiger partial charge in [-0.3, -0.25) is 9.59 Å². The van der Waals surface area contributed by atoms with Gasteiger partial charge in [-0.15, -0.1) is 11.3 Å². The monoisotopic (exact) mass is 810 g/mol. The van der Waals surface area contributed by atoms with Gasteiger partial charge in [-0.25, -0.2) is 19.6 Å². The van der Waals surface area contributed by atoms with Gasteiger partial charge in [0.15, 0.2) is 0 Å². The van der Waals surface area contributed by atoms with E-state index in [0.717, 1.165) is 93.6 Å². The van der Waals surface area contributed by atoms with Gasteiger partial charge in [0.25, 0.3) is 0 Å². The number of rotatable bonds is 12. The molecular weight excluding hydrogens is 757 g/mol. The number of fused-ring (bicyclic) bond motifs is 3. The number of H-pyrrole nitrogens is 2. The summed E-state index contributed by atoms with van der Waals surface area (Å²) in [6.07, 6.45) is 7.33. The van der Waals surface area contributed by atoms with Crippen LogP contribution in [0.15, 0.2) is 48.7 Å². The Labute approximate surface area is 342 Å². The fraction of sp³-hybridized carbons (Fsp3) is 0.488. The van der Waals surface area contributed by atoms with Crippen LogP contribution in [-0.2, 0) is 25.6 Å². The number of carbonyl (C=O) groups is 4. The number of ether oxygens (including phenoxy) is 2. The largest absolute Gasteiger partial charge is 0.453 e. The van der Waals surface area contributed by atoms with Gasteiger partial charge >= 0.3 is 12.2 Å². The Morgan fingerprint density at radius 3 is 2.28 bits per heavy atom. The number of nitrogens with one attached hydrogen (secondary N) is 4. The summed E-state index contributed by atoms with van der Waals surface area (Å²) in [6.45, 7) is 8.58. The Hall–Kier alpha value is -5.44. The quantitative estimate of drug-likeness (QED) is 0.0983. The Morgan fingerprint density at radius 1 is 0.862 bits per heavy atom. The number of carbonyl (C=O) groups excluding carboxylic acids is 4. The minimum absolute atomic E-state index is 0.0759. The number of imidazole rings is 2. The molecule has 2 aromatic carbocycles. The first kappa shape index (κ1) is 40.7. The number of thiophene rings is 1. The highest BCUT2D eigenvalue weighted by Gasteiger charge is 2.38. The first-order chi connectivity index (χ1) is 27.9. The summed E-state index contributed by atoms with van der Waals surface area (Å²) >= 11 is 1.66. The number of aromatic amines is 2. The maximum absolute atomic E-state index is 14.0. The number of alkyl carbamates (subject to hydrolysis) is 2. The summed E-state index contributed by atoms with van der Waals surface area (Å²) in [5, 5.41) is 7.54. The van der Waals surface area contributed by atoms with Crippen LogP contribution in [0.5, 0.6) is 0 Å². The van der Waals surface area contributed by atoms with Crippen molar-refractivity contribution >= 4 is 57.1 Å². The van der Waals surface area contributed by atoms with Crippen LogP contribution < -0.4 is 10.6 Å². The van der Waals surface area contributed by atoms with E-state index in [4.69, 9.17) is 19.4 Å². The lowest BCUT2D eigenvalue weighted by Crippen LogP contribution is -2.54. The second kappa shape index (κ2) is 17.6. The van der Waals surface area contributed by atoms with Crippen molar-refractivity contribution in [1.82, 2.24) is 40.4 Å². The number of hydrogen-bond donors (Lipinski definition) is 4. The lowest BCUT2D eigenvalue weighted by molar-refractivity contribution is -0.138. The molecule has 58 heavy (non-hydrogen) atoms. The molecule has 1 saturated heterocycles. The normalized spacial score (nSPS) is 17.2. The summed E-state index contributed by atoms with van der Waals surface area (Å²) in [5.74, 6) is 0.946. The van der Waals surface area contributed by atoms with Crippen molar-refractivity contribution in [2.24, 2.45) is 11.8 Å². The van der Waals surface area contributed by atoms with E-state index in [-0.39, 0.29) is 35.7 Å². The van der Waals surface area contributed by atoms with Crippen molar-refractivity contribution in [3.63, 3.8) is 0 Å². The molecule has 4 heterocycles. The van der Waals surface area contributed by atoms with Crippen LogP contribution in [0.1, 0.15) is 90.3 Å². The van der Waals surface area contributed by atoms with E-state index in [2.05, 4.69) is 57.0 Å². The lowest BCUT2D eigenvalue weighted by Gasteiger charge is -2.37. The van der Waals surface area contributed by atoms with Crippen LogP contribution in [0.3, 0.4) is 0 Å². The van der Waals surface area contributed by atoms with Gasteiger partial charge in [0.1, 0.15) is 23.7 Å². The number of benzene rings is 2. The molecule has 3 atom stereocenters. The van der Waals surface area contributed by atoms with Crippen LogP contribution >= 0.6 is 11.3 Å². The zero-order chi connectivity index (χ0) is 41.1. The molecule has 2 fully saturated rings. The number of methoxy groups -OCH3 is 2. The van der Waals surface area contributed by atoms with Crippen molar-refractivity contribution in [2.45, 2.75) is 103 Å². The molecule has 5 aromatic rings.